The molecule has 1 amide bonds. The number of amides is 1. The molecule has 0 bridgehead atoms. The standard InChI is InChI=1S/C15H15NO4S/c1-20-12-7-8-21-14(12)15(19)16-11-4-2-3-10(9-11)5-6-13(17)18/h2-4,7-9H,5-6H2,1H3,(H,16,19)(H,17,18). The van der Waals surface area contributed by atoms with Crippen LogP contribution in [0.25, 0.3) is 0 Å². The van der Waals surface area contributed by atoms with Gasteiger partial charge in [0.05, 0.1) is 7.11 Å². The van der Waals surface area contributed by atoms with Gasteiger partial charge in [0.1, 0.15) is 10.6 Å². The Kier molecular flexibility index (Phi) is 4.94. The van der Waals surface area contributed by atoms with E-state index in [2.05, 4.69) is 5.32 Å². The Hall–Kier alpha value is -2.34. The zero-order valence-electron chi connectivity index (χ0n) is 11.5. The molecule has 21 heavy (non-hydrogen) atoms. The molecule has 1 aromatic carbocycles. The summed E-state index contributed by atoms with van der Waals surface area (Å²) in [5.74, 6) is -0.537. The van der Waals surface area contributed by atoms with Crippen LogP contribution in [0.4, 0.5) is 5.69 Å². The van der Waals surface area contributed by atoms with Crippen LogP contribution in [-0.2, 0) is 11.2 Å². The van der Waals surface area contributed by atoms with Crippen LogP contribution in [0.3, 0.4) is 0 Å². The number of nitrogens with one attached hydrogen (secondary N) is 1. The van der Waals surface area contributed by atoms with Gasteiger partial charge >= 0.3 is 5.97 Å². The van der Waals surface area contributed by atoms with Crippen LogP contribution in [0.15, 0.2) is 35.7 Å². The van der Waals surface area contributed by atoms with Crippen molar-refractivity contribution in [2.45, 2.75) is 12.8 Å². The van der Waals surface area contributed by atoms with E-state index < -0.39 is 5.97 Å². The Morgan fingerprint density at radius 3 is 2.86 bits per heavy atom. The highest BCUT2D eigenvalue weighted by Crippen LogP contribution is 2.25. The summed E-state index contributed by atoms with van der Waals surface area (Å²) < 4.78 is 5.12. The van der Waals surface area contributed by atoms with E-state index in [0.29, 0.717) is 22.7 Å². The van der Waals surface area contributed by atoms with E-state index in [1.165, 1.54) is 18.4 Å². The average molecular weight is 305 g/mol. The fourth-order valence-corrected chi connectivity index (χ4v) is 2.62. The summed E-state index contributed by atoms with van der Waals surface area (Å²) in [6, 6.07) is 8.91. The van der Waals surface area contributed by atoms with E-state index in [9.17, 15) is 9.59 Å². The van der Waals surface area contributed by atoms with Crippen molar-refractivity contribution >= 4 is 28.9 Å². The fraction of sp³-hybridized carbons (Fsp3) is 0.200. The average Bonchev–Trinajstić information content (AvgIpc) is 2.94. The number of hydrogen-bond donors (Lipinski definition) is 2. The maximum atomic E-state index is 12.2. The molecule has 1 aromatic heterocycles. The van der Waals surface area contributed by atoms with Gasteiger partial charge in [-0.05, 0) is 35.6 Å². The van der Waals surface area contributed by atoms with Gasteiger partial charge < -0.3 is 15.2 Å². The number of aryl methyl sites for hydroxylation is 1. The molecule has 2 aromatic rings. The first-order valence-corrected chi connectivity index (χ1v) is 7.21. The van der Waals surface area contributed by atoms with Crippen molar-refractivity contribution in [1.29, 1.82) is 0 Å². The maximum absolute atomic E-state index is 12.2. The van der Waals surface area contributed by atoms with Crippen molar-refractivity contribution in [2.75, 3.05) is 12.4 Å². The normalized spacial score (nSPS) is 10.1. The molecule has 110 valence electrons. The molecule has 0 fully saturated rings. The summed E-state index contributed by atoms with van der Waals surface area (Å²) in [5.41, 5.74) is 1.51. The molecule has 0 aliphatic heterocycles. The second-order valence-corrected chi connectivity index (χ2v) is 5.28. The van der Waals surface area contributed by atoms with E-state index in [4.69, 9.17) is 9.84 Å². The largest absolute Gasteiger partial charge is 0.495 e. The van der Waals surface area contributed by atoms with E-state index >= 15 is 0 Å². The van der Waals surface area contributed by atoms with Gasteiger partial charge in [0.2, 0.25) is 0 Å². The Morgan fingerprint density at radius 1 is 1.33 bits per heavy atom. The minimum atomic E-state index is -0.840. The third-order valence-corrected chi connectivity index (χ3v) is 3.76. The lowest BCUT2D eigenvalue weighted by atomic mass is 10.1. The van der Waals surface area contributed by atoms with Gasteiger partial charge in [0.25, 0.3) is 5.91 Å². The SMILES string of the molecule is COc1ccsc1C(=O)Nc1cccc(CCC(=O)O)c1. The molecule has 0 aliphatic rings. The summed E-state index contributed by atoms with van der Waals surface area (Å²) in [5, 5.41) is 13.3. The van der Waals surface area contributed by atoms with Crippen molar-refractivity contribution < 1.29 is 19.4 Å². The number of carboxylic acids is 1. The molecule has 0 radical (unpaired) electrons. The number of anilines is 1. The third-order valence-electron chi connectivity index (χ3n) is 2.87. The number of ether oxygens (including phenoxy) is 1. The minimum Gasteiger partial charge on any atom is -0.495 e. The number of carboxylic acid groups (broad SMARTS) is 1. The Morgan fingerprint density at radius 2 is 2.14 bits per heavy atom. The highest BCUT2D eigenvalue weighted by Gasteiger charge is 2.14. The van der Waals surface area contributed by atoms with Gasteiger partial charge in [0.15, 0.2) is 0 Å². The third kappa shape index (κ3) is 4.06. The van der Waals surface area contributed by atoms with Crippen molar-refractivity contribution in [2.24, 2.45) is 0 Å². The van der Waals surface area contributed by atoms with Crippen LogP contribution in [0.2, 0.25) is 0 Å². The van der Waals surface area contributed by atoms with Crippen LogP contribution >= 0.6 is 11.3 Å². The predicted molar refractivity (Wildman–Crippen MR) is 81.2 cm³/mol. The Bertz CT molecular complexity index is 651. The number of carbonyl (C=O) groups is 2. The first-order chi connectivity index (χ1) is 10.1. The highest BCUT2D eigenvalue weighted by molar-refractivity contribution is 7.12. The lowest BCUT2D eigenvalue weighted by Gasteiger charge is -2.07. The Balaban J connectivity index is 2.07. The van der Waals surface area contributed by atoms with Gasteiger partial charge in [-0.15, -0.1) is 11.3 Å². The summed E-state index contributed by atoms with van der Waals surface area (Å²) in [6.07, 6.45) is 0.498. The summed E-state index contributed by atoms with van der Waals surface area (Å²) in [4.78, 5) is 23.2. The van der Waals surface area contributed by atoms with Gasteiger partial charge in [-0.25, -0.2) is 0 Å². The molecule has 5 nitrogen and oxygen atoms in total. The molecule has 1 heterocycles. The van der Waals surface area contributed by atoms with Crippen LogP contribution in [0.5, 0.6) is 5.75 Å². The maximum Gasteiger partial charge on any atom is 0.303 e. The zero-order chi connectivity index (χ0) is 15.2. The minimum absolute atomic E-state index is 0.0656. The topological polar surface area (TPSA) is 75.6 Å². The monoisotopic (exact) mass is 305 g/mol. The predicted octanol–water partition coefficient (Wildman–Crippen LogP) is 3.03. The molecule has 0 spiro atoms. The molecule has 0 saturated carbocycles. The number of thiophene rings is 1. The second-order valence-electron chi connectivity index (χ2n) is 4.37. The van der Waals surface area contributed by atoms with Gasteiger partial charge in [0, 0.05) is 12.1 Å². The summed E-state index contributed by atoms with van der Waals surface area (Å²) >= 11 is 1.31. The van der Waals surface area contributed by atoms with Crippen LogP contribution in [-0.4, -0.2) is 24.1 Å². The van der Waals surface area contributed by atoms with Crippen LogP contribution in [0, 0.1) is 0 Å². The molecule has 2 N–H and O–H groups in total. The molecule has 0 aliphatic carbocycles. The molecule has 0 saturated heterocycles. The van der Waals surface area contributed by atoms with E-state index in [-0.39, 0.29) is 12.3 Å². The number of rotatable bonds is 6. The van der Waals surface area contributed by atoms with E-state index in [1.807, 2.05) is 6.07 Å². The molecule has 2 rings (SSSR count). The first kappa shape index (κ1) is 15.1. The van der Waals surface area contributed by atoms with E-state index in [0.717, 1.165) is 5.56 Å². The summed E-state index contributed by atoms with van der Waals surface area (Å²) in [6.45, 7) is 0. The van der Waals surface area contributed by atoms with E-state index in [1.54, 1.807) is 29.6 Å². The number of benzene rings is 1. The van der Waals surface area contributed by atoms with Gasteiger partial charge in [-0.2, -0.15) is 0 Å². The van der Waals surface area contributed by atoms with Crippen molar-refractivity contribution in [3.8, 4) is 5.75 Å². The molecular weight excluding hydrogens is 290 g/mol. The molecule has 6 heteroatoms. The van der Waals surface area contributed by atoms with Gasteiger partial charge in [-0.1, -0.05) is 12.1 Å². The highest BCUT2D eigenvalue weighted by atomic mass is 32.1. The molecule has 0 unspecified atom stereocenters. The van der Waals surface area contributed by atoms with Crippen molar-refractivity contribution in [3.05, 3.63) is 46.2 Å². The first-order valence-electron chi connectivity index (χ1n) is 6.33. The number of carbonyl (C=O) groups excluding carboxylic acids is 1. The lowest BCUT2D eigenvalue weighted by Crippen LogP contribution is -2.11. The fourth-order valence-electron chi connectivity index (χ4n) is 1.87. The van der Waals surface area contributed by atoms with Crippen molar-refractivity contribution in [3.63, 3.8) is 0 Å². The van der Waals surface area contributed by atoms with Crippen molar-refractivity contribution in [1.82, 2.24) is 0 Å². The van der Waals surface area contributed by atoms with Crippen LogP contribution in [0.1, 0.15) is 21.7 Å². The molecule has 0 atom stereocenters. The second kappa shape index (κ2) is 6.90. The quantitative estimate of drug-likeness (QED) is 0.860. The number of hydrogen-bond acceptors (Lipinski definition) is 4. The smallest absolute Gasteiger partial charge is 0.303 e. The molecular formula is C15H15NO4S. The number of aliphatic carboxylic acids is 1. The van der Waals surface area contributed by atoms with Gasteiger partial charge in [-0.3, -0.25) is 9.59 Å². The van der Waals surface area contributed by atoms with Crippen LogP contribution < -0.4 is 10.1 Å². The summed E-state index contributed by atoms with van der Waals surface area (Å²) in [7, 11) is 1.52. The Labute approximate surface area is 126 Å². The zero-order valence-corrected chi connectivity index (χ0v) is 12.3. The lowest BCUT2D eigenvalue weighted by molar-refractivity contribution is -0.136. The number of methoxy groups -OCH3 is 1.